The number of anilines is 1. The van der Waals surface area contributed by atoms with E-state index < -0.39 is 0 Å². The molecule has 1 heterocycles. The SMILES string of the molecule is COc1ccc(CN(CCCN2CCCCC2C)C(=O)Nc2cccc3ccccc23)cc1. The summed E-state index contributed by atoms with van der Waals surface area (Å²) in [5.74, 6) is 0.824. The highest BCUT2D eigenvalue weighted by molar-refractivity contribution is 6.01. The molecule has 33 heavy (non-hydrogen) atoms. The summed E-state index contributed by atoms with van der Waals surface area (Å²) in [5.41, 5.74) is 1.94. The van der Waals surface area contributed by atoms with Crippen LogP contribution in [0.15, 0.2) is 66.7 Å². The highest BCUT2D eigenvalue weighted by Crippen LogP contribution is 2.24. The standard InChI is InChI=1S/C28H35N3O2/c1-22-9-5-6-18-30(22)19-8-20-31(21-23-14-16-25(33-2)17-15-23)28(32)29-27-13-7-11-24-10-3-4-12-26(24)27/h3-4,7,10-17,22H,5-6,8-9,18-21H2,1-2H3,(H,29,32). The number of carbonyl (C=O) groups excluding carboxylic acids is 1. The number of methoxy groups -OCH3 is 1. The summed E-state index contributed by atoms with van der Waals surface area (Å²) in [5, 5.41) is 5.35. The fourth-order valence-electron chi connectivity index (χ4n) is 4.69. The first-order chi connectivity index (χ1) is 16.1. The van der Waals surface area contributed by atoms with Crippen LogP contribution in [-0.2, 0) is 6.54 Å². The number of fused-ring (bicyclic) bond motifs is 1. The van der Waals surface area contributed by atoms with E-state index in [-0.39, 0.29) is 6.03 Å². The molecule has 0 bridgehead atoms. The molecule has 1 N–H and O–H groups in total. The number of urea groups is 1. The minimum Gasteiger partial charge on any atom is -0.497 e. The molecule has 0 saturated carbocycles. The Morgan fingerprint density at radius 1 is 1.06 bits per heavy atom. The van der Waals surface area contributed by atoms with Gasteiger partial charge in [-0.1, -0.05) is 55.0 Å². The molecule has 3 aromatic rings. The molecule has 1 fully saturated rings. The maximum atomic E-state index is 13.4. The first-order valence-corrected chi connectivity index (χ1v) is 12.0. The zero-order valence-corrected chi connectivity index (χ0v) is 19.8. The zero-order valence-electron chi connectivity index (χ0n) is 19.8. The van der Waals surface area contributed by atoms with Gasteiger partial charge in [-0.3, -0.25) is 0 Å². The molecule has 5 nitrogen and oxygen atoms in total. The van der Waals surface area contributed by atoms with Gasteiger partial charge in [0.2, 0.25) is 0 Å². The minimum atomic E-state index is -0.0612. The van der Waals surface area contributed by atoms with E-state index in [1.807, 2.05) is 53.4 Å². The van der Waals surface area contributed by atoms with E-state index in [9.17, 15) is 4.79 Å². The Hall–Kier alpha value is -3.05. The van der Waals surface area contributed by atoms with E-state index >= 15 is 0 Å². The number of nitrogens with one attached hydrogen (secondary N) is 1. The Bertz CT molecular complexity index is 1050. The van der Waals surface area contributed by atoms with Gasteiger partial charge in [0.25, 0.3) is 0 Å². The highest BCUT2D eigenvalue weighted by Gasteiger charge is 2.20. The largest absolute Gasteiger partial charge is 0.497 e. The fraction of sp³-hybridized carbons (Fsp3) is 0.393. The number of amides is 2. The van der Waals surface area contributed by atoms with E-state index in [2.05, 4.69) is 35.3 Å². The predicted molar refractivity (Wildman–Crippen MR) is 136 cm³/mol. The van der Waals surface area contributed by atoms with Gasteiger partial charge in [0.1, 0.15) is 5.75 Å². The molecule has 2 amide bonds. The number of rotatable bonds is 8. The molecule has 1 aliphatic rings. The Morgan fingerprint density at radius 2 is 1.85 bits per heavy atom. The van der Waals surface area contributed by atoms with Crippen LogP contribution in [0.3, 0.4) is 0 Å². The minimum absolute atomic E-state index is 0.0612. The van der Waals surface area contributed by atoms with Crippen LogP contribution < -0.4 is 10.1 Å². The zero-order chi connectivity index (χ0) is 23.0. The van der Waals surface area contributed by atoms with E-state index in [1.165, 1.54) is 25.8 Å². The first-order valence-electron chi connectivity index (χ1n) is 12.0. The van der Waals surface area contributed by atoms with Crippen molar-refractivity contribution in [2.24, 2.45) is 0 Å². The van der Waals surface area contributed by atoms with Crippen LogP contribution in [0.4, 0.5) is 10.5 Å². The molecule has 1 unspecified atom stereocenters. The fourth-order valence-corrected chi connectivity index (χ4v) is 4.69. The third-order valence-corrected chi connectivity index (χ3v) is 6.66. The summed E-state index contributed by atoms with van der Waals surface area (Å²) in [6.45, 7) is 5.80. The topological polar surface area (TPSA) is 44.8 Å². The number of likely N-dealkylation sites (tertiary alicyclic amines) is 1. The number of benzene rings is 3. The average molecular weight is 446 g/mol. The van der Waals surface area contributed by atoms with E-state index in [0.29, 0.717) is 19.1 Å². The van der Waals surface area contributed by atoms with Crippen molar-refractivity contribution >= 4 is 22.5 Å². The van der Waals surface area contributed by atoms with Crippen molar-refractivity contribution in [2.75, 3.05) is 32.1 Å². The van der Waals surface area contributed by atoms with Gasteiger partial charge in [-0.15, -0.1) is 0 Å². The Balaban J connectivity index is 1.47. The molecule has 0 radical (unpaired) electrons. The van der Waals surface area contributed by atoms with Crippen molar-refractivity contribution < 1.29 is 9.53 Å². The lowest BCUT2D eigenvalue weighted by Gasteiger charge is -2.34. The summed E-state index contributed by atoms with van der Waals surface area (Å²) in [7, 11) is 1.67. The van der Waals surface area contributed by atoms with Crippen LogP contribution in [0, 0.1) is 0 Å². The molecule has 0 aromatic heterocycles. The Kier molecular flexibility index (Phi) is 7.84. The monoisotopic (exact) mass is 445 g/mol. The van der Waals surface area contributed by atoms with E-state index in [4.69, 9.17) is 4.74 Å². The van der Waals surface area contributed by atoms with Gasteiger partial charge in [0, 0.05) is 31.1 Å². The predicted octanol–water partition coefficient (Wildman–Crippen LogP) is 6.15. The number of ether oxygens (including phenoxy) is 1. The smallest absolute Gasteiger partial charge is 0.322 e. The molecule has 5 heteroatoms. The molecular weight excluding hydrogens is 410 g/mol. The van der Waals surface area contributed by atoms with Gasteiger partial charge in [0.05, 0.1) is 12.8 Å². The van der Waals surface area contributed by atoms with Crippen LogP contribution in [0.25, 0.3) is 10.8 Å². The van der Waals surface area contributed by atoms with Crippen molar-refractivity contribution in [1.29, 1.82) is 0 Å². The van der Waals surface area contributed by atoms with Crippen LogP contribution in [-0.4, -0.2) is 48.6 Å². The summed E-state index contributed by atoms with van der Waals surface area (Å²) in [6, 6.07) is 22.7. The molecule has 1 atom stereocenters. The van der Waals surface area contributed by atoms with Crippen LogP contribution in [0.2, 0.25) is 0 Å². The van der Waals surface area contributed by atoms with Gasteiger partial charge >= 0.3 is 6.03 Å². The average Bonchev–Trinajstić information content (AvgIpc) is 2.85. The molecular formula is C28H35N3O2. The third kappa shape index (κ3) is 6.05. The lowest BCUT2D eigenvalue weighted by molar-refractivity contribution is 0.150. The van der Waals surface area contributed by atoms with Crippen LogP contribution in [0.5, 0.6) is 5.75 Å². The van der Waals surface area contributed by atoms with Crippen molar-refractivity contribution in [3.63, 3.8) is 0 Å². The molecule has 3 aromatic carbocycles. The van der Waals surface area contributed by atoms with Gasteiger partial charge in [-0.25, -0.2) is 4.79 Å². The highest BCUT2D eigenvalue weighted by atomic mass is 16.5. The lowest BCUT2D eigenvalue weighted by Crippen LogP contribution is -2.40. The Labute approximate surface area is 197 Å². The molecule has 1 aliphatic heterocycles. The van der Waals surface area contributed by atoms with Crippen molar-refractivity contribution in [3.8, 4) is 5.75 Å². The van der Waals surface area contributed by atoms with Crippen molar-refractivity contribution in [2.45, 2.75) is 45.2 Å². The number of hydrogen-bond donors (Lipinski definition) is 1. The van der Waals surface area contributed by atoms with Gasteiger partial charge < -0.3 is 19.9 Å². The number of carbonyl (C=O) groups is 1. The van der Waals surface area contributed by atoms with Crippen molar-refractivity contribution in [3.05, 3.63) is 72.3 Å². The summed E-state index contributed by atoms with van der Waals surface area (Å²) < 4.78 is 5.29. The maximum absolute atomic E-state index is 13.4. The maximum Gasteiger partial charge on any atom is 0.322 e. The summed E-state index contributed by atoms with van der Waals surface area (Å²) in [6.07, 6.45) is 4.84. The van der Waals surface area contributed by atoms with Gasteiger partial charge in [-0.2, -0.15) is 0 Å². The van der Waals surface area contributed by atoms with Gasteiger partial charge in [-0.05, 0) is 61.9 Å². The number of hydrogen-bond acceptors (Lipinski definition) is 3. The second-order valence-electron chi connectivity index (χ2n) is 8.96. The quantitative estimate of drug-likeness (QED) is 0.452. The van der Waals surface area contributed by atoms with Gasteiger partial charge in [0.15, 0.2) is 0 Å². The van der Waals surface area contributed by atoms with Crippen LogP contribution in [0.1, 0.15) is 38.2 Å². The van der Waals surface area contributed by atoms with Crippen molar-refractivity contribution in [1.82, 2.24) is 9.80 Å². The number of piperidine rings is 1. The lowest BCUT2D eigenvalue weighted by atomic mass is 10.0. The number of nitrogens with zero attached hydrogens (tertiary/aromatic N) is 2. The molecule has 0 spiro atoms. The third-order valence-electron chi connectivity index (χ3n) is 6.66. The first kappa shape index (κ1) is 23.1. The second kappa shape index (κ2) is 11.2. The molecule has 1 saturated heterocycles. The molecule has 174 valence electrons. The molecule has 0 aliphatic carbocycles. The second-order valence-corrected chi connectivity index (χ2v) is 8.96. The van der Waals surface area contributed by atoms with E-state index in [0.717, 1.165) is 40.7 Å². The van der Waals surface area contributed by atoms with Crippen LogP contribution >= 0.6 is 0 Å². The van der Waals surface area contributed by atoms with E-state index in [1.54, 1.807) is 7.11 Å². The normalized spacial score (nSPS) is 16.5. The Morgan fingerprint density at radius 3 is 2.64 bits per heavy atom. The summed E-state index contributed by atoms with van der Waals surface area (Å²) in [4.78, 5) is 17.9. The molecule has 4 rings (SSSR count). The summed E-state index contributed by atoms with van der Waals surface area (Å²) >= 11 is 0.